The third-order valence-electron chi connectivity index (χ3n) is 4.01. The van der Waals surface area contributed by atoms with Crippen LogP contribution in [0.25, 0.3) is 0 Å². The molecule has 0 atom stereocenters. The van der Waals surface area contributed by atoms with Gasteiger partial charge in [-0.1, -0.05) is 34.5 Å². The Kier molecular flexibility index (Phi) is 5.66. The number of carbonyl (C=O) groups excluding carboxylic acids is 1. The summed E-state index contributed by atoms with van der Waals surface area (Å²) in [6, 6.07) is 12.6. The number of aryl methyl sites for hydroxylation is 2. The van der Waals surface area contributed by atoms with Crippen molar-refractivity contribution in [2.45, 2.75) is 20.5 Å². The van der Waals surface area contributed by atoms with E-state index in [1.165, 1.54) is 7.11 Å². The number of carbonyl (C=O) groups is 1. The molecule has 1 heterocycles. The first kappa shape index (κ1) is 18.8. The molecule has 27 heavy (non-hydrogen) atoms. The molecule has 3 rings (SSSR count). The van der Waals surface area contributed by atoms with Crippen LogP contribution in [0, 0.1) is 13.8 Å². The molecule has 0 bridgehead atoms. The first-order valence-electron chi connectivity index (χ1n) is 8.27. The Morgan fingerprint density at radius 2 is 1.93 bits per heavy atom. The van der Waals surface area contributed by atoms with Crippen LogP contribution in [-0.2, 0) is 6.61 Å². The summed E-state index contributed by atoms with van der Waals surface area (Å²) < 4.78 is 16.0. The molecule has 0 aliphatic rings. The second kappa shape index (κ2) is 8.14. The number of hydrogen-bond donors (Lipinski definition) is 1. The van der Waals surface area contributed by atoms with Gasteiger partial charge >= 0.3 is 0 Å². The van der Waals surface area contributed by atoms with Crippen molar-refractivity contribution < 1.29 is 18.8 Å². The molecular formula is C20H19ClN2O4. The lowest BCUT2D eigenvalue weighted by atomic mass is 10.2. The van der Waals surface area contributed by atoms with Gasteiger partial charge in [-0.3, -0.25) is 4.79 Å². The van der Waals surface area contributed by atoms with Crippen LogP contribution in [0.1, 0.15) is 27.4 Å². The molecule has 6 nitrogen and oxygen atoms in total. The molecule has 0 saturated carbocycles. The predicted molar refractivity (Wildman–Crippen MR) is 103 cm³/mol. The van der Waals surface area contributed by atoms with E-state index >= 15 is 0 Å². The highest BCUT2D eigenvalue weighted by molar-refractivity contribution is 6.32. The lowest BCUT2D eigenvalue weighted by Gasteiger charge is -2.09. The SMILES string of the molecule is COc1ccc(NC(=O)c2noc(C)c2COc2ccc(C)cc2)cc1Cl. The van der Waals surface area contributed by atoms with Gasteiger partial charge in [0.05, 0.1) is 17.7 Å². The molecule has 1 N–H and O–H groups in total. The number of rotatable bonds is 6. The number of methoxy groups -OCH3 is 1. The number of nitrogens with one attached hydrogen (secondary N) is 1. The number of nitrogens with zero attached hydrogens (tertiary/aromatic N) is 1. The van der Waals surface area contributed by atoms with Gasteiger partial charge in [0, 0.05) is 5.69 Å². The first-order chi connectivity index (χ1) is 13.0. The molecule has 0 fully saturated rings. The highest BCUT2D eigenvalue weighted by Gasteiger charge is 2.21. The van der Waals surface area contributed by atoms with Crippen LogP contribution in [0.4, 0.5) is 5.69 Å². The molecule has 0 aliphatic heterocycles. The van der Waals surface area contributed by atoms with E-state index in [-0.39, 0.29) is 12.3 Å². The summed E-state index contributed by atoms with van der Waals surface area (Å²) in [5, 5.41) is 7.02. The Labute approximate surface area is 162 Å². The summed E-state index contributed by atoms with van der Waals surface area (Å²) in [5.74, 6) is 1.35. The maximum Gasteiger partial charge on any atom is 0.278 e. The average Bonchev–Trinajstić information content (AvgIpc) is 3.02. The third kappa shape index (κ3) is 4.41. The van der Waals surface area contributed by atoms with Crippen molar-refractivity contribution in [3.63, 3.8) is 0 Å². The van der Waals surface area contributed by atoms with Gasteiger partial charge in [0.2, 0.25) is 0 Å². The van der Waals surface area contributed by atoms with Crippen molar-refractivity contribution in [3.8, 4) is 11.5 Å². The molecule has 0 saturated heterocycles. The second-order valence-electron chi connectivity index (χ2n) is 5.97. The summed E-state index contributed by atoms with van der Waals surface area (Å²) >= 11 is 6.09. The Morgan fingerprint density at radius 1 is 1.19 bits per heavy atom. The normalized spacial score (nSPS) is 10.5. The van der Waals surface area contributed by atoms with Crippen LogP contribution < -0.4 is 14.8 Å². The van der Waals surface area contributed by atoms with Gasteiger partial charge in [0.1, 0.15) is 23.9 Å². The largest absolute Gasteiger partial charge is 0.495 e. The maximum absolute atomic E-state index is 12.6. The van der Waals surface area contributed by atoms with Crippen LogP contribution in [0.5, 0.6) is 11.5 Å². The lowest BCUT2D eigenvalue weighted by Crippen LogP contribution is -2.15. The van der Waals surface area contributed by atoms with E-state index in [9.17, 15) is 4.79 Å². The Hall–Kier alpha value is -2.99. The van der Waals surface area contributed by atoms with E-state index in [0.717, 1.165) is 5.56 Å². The average molecular weight is 387 g/mol. The molecule has 0 aliphatic carbocycles. The number of anilines is 1. The number of ether oxygens (including phenoxy) is 2. The Morgan fingerprint density at radius 3 is 2.59 bits per heavy atom. The maximum atomic E-state index is 12.6. The van der Waals surface area contributed by atoms with E-state index in [1.54, 1.807) is 25.1 Å². The monoisotopic (exact) mass is 386 g/mol. The summed E-state index contributed by atoms with van der Waals surface area (Å²) in [5.41, 5.74) is 2.43. The molecule has 1 aromatic heterocycles. The highest BCUT2D eigenvalue weighted by Crippen LogP contribution is 2.27. The van der Waals surface area contributed by atoms with Crippen molar-refractivity contribution in [1.82, 2.24) is 5.16 Å². The van der Waals surface area contributed by atoms with Crippen LogP contribution in [0.3, 0.4) is 0 Å². The van der Waals surface area contributed by atoms with Gasteiger partial charge in [-0.25, -0.2) is 0 Å². The quantitative estimate of drug-likeness (QED) is 0.659. The summed E-state index contributed by atoms with van der Waals surface area (Å²) in [6.07, 6.45) is 0. The van der Waals surface area contributed by atoms with Crippen molar-refractivity contribution in [3.05, 3.63) is 70.1 Å². The van der Waals surface area contributed by atoms with Crippen LogP contribution in [0.15, 0.2) is 47.0 Å². The lowest BCUT2D eigenvalue weighted by molar-refractivity contribution is 0.101. The van der Waals surface area contributed by atoms with Crippen molar-refractivity contribution in [2.75, 3.05) is 12.4 Å². The minimum atomic E-state index is -0.407. The number of hydrogen-bond acceptors (Lipinski definition) is 5. The van der Waals surface area contributed by atoms with Crippen molar-refractivity contribution in [1.29, 1.82) is 0 Å². The van der Waals surface area contributed by atoms with Gasteiger partial charge in [0.25, 0.3) is 5.91 Å². The highest BCUT2D eigenvalue weighted by atomic mass is 35.5. The molecule has 0 radical (unpaired) electrons. The minimum absolute atomic E-state index is 0.171. The number of halogens is 1. The molecule has 3 aromatic rings. The zero-order valence-electron chi connectivity index (χ0n) is 15.2. The Bertz CT molecular complexity index is 951. The van der Waals surface area contributed by atoms with E-state index in [1.807, 2.05) is 31.2 Å². The fourth-order valence-corrected chi connectivity index (χ4v) is 2.72. The standard InChI is InChI=1S/C20H19ClN2O4/c1-12-4-7-15(8-5-12)26-11-16-13(2)27-23-19(16)20(24)22-14-6-9-18(25-3)17(21)10-14/h4-10H,11H2,1-3H3,(H,22,24). The van der Waals surface area contributed by atoms with Crippen LogP contribution >= 0.6 is 11.6 Å². The zero-order chi connectivity index (χ0) is 19.4. The minimum Gasteiger partial charge on any atom is -0.495 e. The van der Waals surface area contributed by atoms with Gasteiger partial charge in [0.15, 0.2) is 5.69 Å². The molecule has 1 amide bonds. The predicted octanol–water partition coefficient (Wildman–Crippen LogP) is 4.78. The number of aromatic nitrogens is 1. The number of benzene rings is 2. The van der Waals surface area contributed by atoms with Gasteiger partial charge in [-0.05, 0) is 44.2 Å². The topological polar surface area (TPSA) is 73.6 Å². The molecule has 7 heteroatoms. The summed E-state index contributed by atoms with van der Waals surface area (Å²) in [4.78, 5) is 12.6. The third-order valence-corrected chi connectivity index (χ3v) is 4.31. The van der Waals surface area contributed by atoms with E-state index in [2.05, 4.69) is 10.5 Å². The van der Waals surface area contributed by atoms with E-state index in [0.29, 0.717) is 33.5 Å². The molecular weight excluding hydrogens is 368 g/mol. The van der Waals surface area contributed by atoms with E-state index in [4.69, 9.17) is 25.6 Å². The smallest absolute Gasteiger partial charge is 0.278 e. The van der Waals surface area contributed by atoms with Gasteiger partial charge in [-0.2, -0.15) is 0 Å². The van der Waals surface area contributed by atoms with Crippen LogP contribution in [-0.4, -0.2) is 18.2 Å². The summed E-state index contributed by atoms with van der Waals surface area (Å²) in [7, 11) is 1.53. The van der Waals surface area contributed by atoms with Crippen LogP contribution in [0.2, 0.25) is 5.02 Å². The molecule has 0 spiro atoms. The Balaban J connectivity index is 1.73. The van der Waals surface area contributed by atoms with Crippen molar-refractivity contribution >= 4 is 23.2 Å². The van der Waals surface area contributed by atoms with Crippen molar-refractivity contribution in [2.24, 2.45) is 0 Å². The fourth-order valence-electron chi connectivity index (χ4n) is 2.46. The van der Waals surface area contributed by atoms with Gasteiger partial charge in [-0.15, -0.1) is 0 Å². The zero-order valence-corrected chi connectivity index (χ0v) is 16.0. The molecule has 140 valence electrons. The molecule has 0 unspecified atom stereocenters. The summed E-state index contributed by atoms with van der Waals surface area (Å²) in [6.45, 7) is 3.91. The fraction of sp³-hybridized carbons (Fsp3) is 0.200. The number of amides is 1. The first-order valence-corrected chi connectivity index (χ1v) is 8.65. The van der Waals surface area contributed by atoms with Gasteiger partial charge < -0.3 is 19.3 Å². The van der Waals surface area contributed by atoms with E-state index < -0.39 is 5.91 Å². The molecule has 2 aromatic carbocycles. The second-order valence-corrected chi connectivity index (χ2v) is 6.38.